The highest BCUT2D eigenvalue weighted by atomic mass is 35.5. The molecule has 3 nitrogen and oxygen atoms in total. The van der Waals surface area contributed by atoms with Crippen LogP contribution in [0.4, 0.5) is 4.39 Å². The number of rotatable bonds is 2. The molecule has 1 aliphatic rings. The molecule has 1 N–H and O–H groups in total. The van der Waals surface area contributed by atoms with Crippen LogP contribution < -0.4 is 10.6 Å². The first-order chi connectivity index (χ1) is 11.2. The second-order valence-corrected chi connectivity index (χ2v) is 7.31. The topological polar surface area (TPSA) is 49.7 Å². The first-order valence-electron chi connectivity index (χ1n) is 7.57. The number of carboxylic acids is 1. The highest BCUT2D eigenvalue weighted by molar-refractivity contribution is 6.30. The van der Waals surface area contributed by atoms with Gasteiger partial charge in [0.25, 0.3) is 0 Å². The quantitative estimate of drug-likeness (QED) is 0.908. The van der Waals surface area contributed by atoms with Gasteiger partial charge in [-0.2, -0.15) is 0 Å². The van der Waals surface area contributed by atoms with E-state index in [0.29, 0.717) is 16.5 Å². The Morgan fingerprint density at radius 1 is 1.21 bits per heavy atom. The number of hydrogen-bond acceptors (Lipinski definition) is 2. The van der Waals surface area contributed by atoms with Crippen LogP contribution in [-0.4, -0.2) is 11.1 Å². The Bertz CT molecular complexity index is 962. The lowest BCUT2D eigenvalue weighted by Gasteiger charge is -2.34. The first kappa shape index (κ1) is 16.7. The maximum atomic E-state index is 13.6. The zero-order chi connectivity index (χ0) is 17.7. The number of carbonyl (C=O) groups is 1. The third-order valence-electron chi connectivity index (χ3n) is 4.22. The van der Waals surface area contributed by atoms with Crippen LogP contribution in [0.2, 0.25) is 5.02 Å². The van der Waals surface area contributed by atoms with Crippen LogP contribution in [-0.2, 0) is 10.3 Å². The van der Waals surface area contributed by atoms with Crippen LogP contribution in [0, 0.1) is 11.2 Å². The SMILES string of the molecule is CC(C)(C)C1=c2ccccc2=NC1(C(=O)O)c1ccc(F)c(Cl)c1. The Hall–Kier alpha value is -2.20. The van der Waals surface area contributed by atoms with E-state index in [1.54, 1.807) is 6.07 Å². The summed E-state index contributed by atoms with van der Waals surface area (Å²) in [6.07, 6.45) is 0. The lowest BCUT2D eigenvalue weighted by molar-refractivity contribution is -0.141. The minimum Gasteiger partial charge on any atom is -0.479 e. The number of aliphatic carboxylic acids is 1. The molecule has 1 aliphatic heterocycles. The Morgan fingerprint density at radius 3 is 2.46 bits per heavy atom. The number of benzene rings is 2. The molecule has 2 aromatic carbocycles. The maximum Gasteiger partial charge on any atom is 0.340 e. The molecule has 0 spiro atoms. The summed E-state index contributed by atoms with van der Waals surface area (Å²) in [7, 11) is 0. The minimum atomic E-state index is -1.61. The lowest BCUT2D eigenvalue weighted by atomic mass is 9.71. The van der Waals surface area contributed by atoms with Gasteiger partial charge in [-0.15, -0.1) is 0 Å². The number of nitrogens with zero attached hydrogens (tertiary/aromatic N) is 1. The van der Waals surface area contributed by atoms with Crippen molar-refractivity contribution in [3.8, 4) is 0 Å². The Labute approximate surface area is 144 Å². The van der Waals surface area contributed by atoms with E-state index < -0.39 is 22.7 Å². The van der Waals surface area contributed by atoms with Gasteiger partial charge in [0.15, 0.2) is 0 Å². The average molecular weight is 346 g/mol. The highest BCUT2D eigenvalue weighted by Crippen LogP contribution is 2.45. The van der Waals surface area contributed by atoms with Gasteiger partial charge in [0.2, 0.25) is 5.54 Å². The van der Waals surface area contributed by atoms with Gasteiger partial charge in [0.05, 0.1) is 10.4 Å². The van der Waals surface area contributed by atoms with Crippen LogP contribution >= 0.6 is 11.6 Å². The number of para-hydroxylation sites is 1. The molecule has 1 unspecified atom stereocenters. The molecule has 0 fully saturated rings. The van der Waals surface area contributed by atoms with Crippen molar-refractivity contribution in [1.82, 2.24) is 0 Å². The van der Waals surface area contributed by atoms with Crippen LogP contribution in [0.3, 0.4) is 0 Å². The summed E-state index contributed by atoms with van der Waals surface area (Å²) in [4.78, 5) is 16.9. The standard InChI is InChI=1S/C19H17ClFNO2/c1-18(2,3)16-12-6-4-5-7-15(12)22-19(16,17(23)24)11-8-9-14(21)13(20)10-11/h4-10H,1-3H3,(H,23,24). The number of fused-ring (bicyclic) bond motifs is 1. The van der Waals surface area contributed by atoms with E-state index in [0.717, 1.165) is 5.22 Å². The Kier molecular flexibility index (Phi) is 3.76. The van der Waals surface area contributed by atoms with Gasteiger partial charge in [-0.1, -0.05) is 56.6 Å². The van der Waals surface area contributed by atoms with Crippen molar-refractivity contribution in [2.45, 2.75) is 26.3 Å². The molecular formula is C19H17ClFNO2. The fourth-order valence-corrected chi connectivity index (χ4v) is 3.55. The second kappa shape index (κ2) is 5.42. The molecule has 3 rings (SSSR count). The average Bonchev–Trinajstić information content (AvgIpc) is 2.86. The summed E-state index contributed by atoms with van der Waals surface area (Å²) < 4.78 is 13.6. The Morgan fingerprint density at radius 2 is 1.88 bits per heavy atom. The van der Waals surface area contributed by atoms with Crippen molar-refractivity contribution in [3.05, 3.63) is 69.4 Å². The van der Waals surface area contributed by atoms with E-state index in [9.17, 15) is 14.3 Å². The van der Waals surface area contributed by atoms with E-state index in [2.05, 4.69) is 4.99 Å². The van der Waals surface area contributed by atoms with Gasteiger partial charge in [0.1, 0.15) is 5.82 Å². The lowest BCUT2D eigenvalue weighted by Crippen LogP contribution is -2.40. The molecule has 1 atom stereocenters. The number of carboxylic acid groups (broad SMARTS) is 1. The van der Waals surface area contributed by atoms with E-state index in [4.69, 9.17) is 11.6 Å². The van der Waals surface area contributed by atoms with Gasteiger partial charge in [0, 0.05) is 5.22 Å². The fourth-order valence-electron chi connectivity index (χ4n) is 3.37. The van der Waals surface area contributed by atoms with Crippen LogP contribution in [0.25, 0.3) is 5.57 Å². The highest BCUT2D eigenvalue weighted by Gasteiger charge is 2.50. The van der Waals surface area contributed by atoms with Crippen LogP contribution in [0.5, 0.6) is 0 Å². The van der Waals surface area contributed by atoms with Crippen molar-refractivity contribution in [2.24, 2.45) is 10.4 Å². The normalized spacial score (nSPS) is 19.8. The molecule has 0 aliphatic carbocycles. The molecule has 0 radical (unpaired) electrons. The van der Waals surface area contributed by atoms with Crippen molar-refractivity contribution in [2.75, 3.05) is 0 Å². The first-order valence-corrected chi connectivity index (χ1v) is 7.95. The molecule has 0 saturated carbocycles. The summed E-state index contributed by atoms with van der Waals surface area (Å²) in [6, 6.07) is 11.3. The predicted molar refractivity (Wildman–Crippen MR) is 90.8 cm³/mol. The van der Waals surface area contributed by atoms with Gasteiger partial charge in [-0.3, -0.25) is 4.99 Å². The van der Waals surface area contributed by atoms with Crippen LogP contribution in [0.1, 0.15) is 26.3 Å². The molecule has 5 heteroatoms. The fraction of sp³-hybridized carbons (Fsp3) is 0.263. The molecular weight excluding hydrogens is 329 g/mol. The number of hydrogen-bond donors (Lipinski definition) is 1. The molecule has 2 aromatic rings. The summed E-state index contributed by atoms with van der Waals surface area (Å²) in [5.41, 5.74) is -1.06. The minimum absolute atomic E-state index is 0.118. The van der Waals surface area contributed by atoms with Crippen molar-refractivity contribution >= 4 is 23.1 Å². The smallest absolute Gasteiger partial charge is 0.340 e. The monoisotopic (exact) mass is 345 g/mol. The molecule has 0 amide bonds. The van der Waals surface area contributed by atoms with Gasteiger partial charge < -0.3 is 5.11 Å². The van der Waals surface area contributed by atoms with E-state index in [1.807, 2.05) is 39.0 Å². The zero-order valence-electron chi connectivity index (χ0n) is 13.6. The molecule has 0 aromatic heterocycles. The number of halogens is 2. The third kappa shape index (κ3) is 2.33. The van der Waals surface area contributed by atoms with Crippen molar-refractivity contribution in [1.29, 1.82) is 0 Å². The van der Waals surface area contributed by atoms with Crippen molar-refractivity contribution in [3.63, 3.8) is 0 Å². The summed E-state index contributed by atoms with van der Waals surface area (Å²) in [6.45, 7) is 5.84. The van der Waals surface area contributed by atoms with Gasteiger partial charge in [-0.05, 0) is 34.8 Å². The summed E-state index contributed by atoms with van der Waals surface area (Å²) >= 11 is 5.91. The summed E-state index contributed by atoms with van der Waals surface area (Å²) in [5.74, 6) is -1.69. The summed E-state index contributed by atoms with van der Waals surface area (Å²) in [5, 5.41) is 11.4. The Balaban J connectivity index is 2.46. The molecule has 24 heavy (non-hydrogen) atoms. The largest absolute Gasteiger partial charge is 0.479 e. The zero-order valence-corrected chi connectivity index (χ0v) is 14.4. The molecule has 124 valence electrons. The van der Waals surface area contributed by atoms with E-state index in [1.165, 1.54) is 18.2 Å². The third-order valence-corrected chi connectivity index (χ3v) is 4.51. The van der Waals surface area contributed by atoms with Crippen LogP contribution in [0.15, 0.2) is 47.5 Å². The molecule has 0 saturated heterocycles. The van der Waals surface area contributed by atoms with Crippen molar-refractivity contribution < 1.29 is 14.3 Å². The van der Waals surface area contributed by atoms with E-state index in [-0.39, 0.29) is 5.02 Å². The van der Waals surface area contributed by atoms with E-state index >= 15 is 0 Å². The molecule has 1 heterocycles. The molecule has 0 bridgehead atoms. The second-order valence-electron chi connectivity index (χ2n) is 6.90. The predicted octanol–water partition coefficient (Wildman–Crippen LogP) is 3.29. The van der Waals surface area contributed by atoms with Gasteiger partial charge >= 0.3 is 5.97 Å². The maximum absolute atomic E-state index is 13.6. The van der Waals surface area contributed by atoms with Gasteiger partial charge in [-0.25, -0.2) is 9.18 Å².